The lowest BCUT2D eigenvalue weighted by Crippen LogP contribution is -2.31. The van der Waals surface area contributed by atoms with E-state index >= 15 is 0 Å². The summed E-state index contributed by atoms with van der Waals surface area (Å²) in [5.74, 6) is 0.702. The zero-order chi connectivity index (χ0) is 15.4. The van der Waals surface area contributed by atoms with Crippen LogP contribution in [0.15, 0.2) is 45.5 Å². The first kappa shape index (κ1) is 16.4. The molecule has 3 nitrogen and oxygen atoms in total. The Bertz CT molecular complexity index is 647. The van der Waals surface area contributed by atoms with Crippen LogP contribution in [0.3, 0.4) is 0 Å². The van der Waals surface area contributed by atoms with Gasteiger partial charge in [-0.3, -0.25) is 0 Å². The highest BCUT2D eigenvalue weighted by atomic mass is 79.9. The van der Waals surface area contributed by atoms with E-state index in [0.717, 1.165) is 14.5 Å². The molecule has 110 valence electrons. The minimum absolute atomic E-state index is 0.126. The first-order valence-corrected chi connectivity index (χ1v) is 8.41. The summed E-state index contributed by atoms with van der Waals surface area (Å²) in [4.78, 5) is 4.33. The van der Waals surface area contributed by atoms with Gasteiger partial charge < -0.3 is 10.6 Å². The first-order chi connectivity index (χ1) is 9.99. The second kappa shape index (κ2) is 7.33. The van der Waals surface area contributed by atoms with Gasteiger partial charge in [-0.05, 0) is 69.1 Å². The molecule has 0 saturated carbocycles. The maximum absolute atomic E-state index is 5.35. The van der Waals surface area contributed by atoms with Gasteiger partial charge in [-0.25, -0.2) is 4.98 Å². The smallest absolute Gasteiger partial charge is 0.172 e. The molecule has 1 aromatic heterocycles. The number of hydrogen-bond donors (Lipinski definition) is 2. The second-order valence-electron chi connectivity index (χ2n) is 4.62. The van der Waals surface area contributed by atoms with Crippen LogP contribution in [0, 0.1) is 6.92 Å². The van der Waals surface area contributed by atoms with Crippen LogP contribution in [0.4, 0.5) is 5.82 Å². The van der Waals surface area contributed by atoms with Crippen molar-refractivity contribution in [2.45, 2.75) is 19.9 Å². The summed E-state index contributed by atoms with van der Waals surface area (Å²) in [7, 11) is 0. The minimum atomic E-state index is 0.126. The highest BCUT2D eigenvalue weighted by Gasteiger charge is 2.11. The van der Waals surface area contributed by atoms with Crippen molar-refractivity contribution in [2.75, 3.05) is 5.32 Å². The summed E-state index contributed by atoms with van der Waals surface area (Å²) in [5.41, 5.74) is 2.26. The fourth-order valence-electron chi connectivity index (χ4n) is 1.81. The van der Waals surface area contributed by atoms with Gasteiger partial charge in [-0.15, -0.1) is 0 Å². The molecule has 1 aromatic carbocycles. The number of nitrogens with zero attached hydrogens (tertiary/aromatic N) is 1. The Morgan fingerprint density at radius 1 is 1.24 bits per heavy atom. The molecule has 2 rings (SSSR count). The highest BCUT2D eigenvalue weighted by molar-refractivity contribution is 9.11. The number of thiocarbonyl (C=S) groups is 1. The number of aromatic nitrogens is 1. The number of rotatable bonds is 3. The Balaban J connectivity index is 2.04. The molecule has 0 aliphatic carbocycles. The van der Waals surface area contributed by atoms with Gasteiger partial charge in [-0.2, -0.15) is 0 Å². The van der Waals surface area contributed by atoms with Crippen LogP contribution in [0.5, 0.6) is 0 Å². The minimum Gasteiger partial charge on any atom is -0.356 e. The Morgan fingerprint density at radius 2 is 1.90 bits per heavy atom. The fraction of sp³-hybridized carbons (Fsp3) is 0.200. The van der Waals surface area contributed by atoms with Crippen molar-refractivity contribution < 1.29 is 0 Å². The normalized spacial score (nSPS) is 11.8. The third kappa shape index (κ3) is 4.25. The maximum Gasteiger partial charge on any atom is 0.172 e. The number of halogens is 2. The topological polar surface area (TPSA) is 37.0 Å². The van der Waals surface area contributed by atoms with Crippen molar-refractivity contribution in [3.8, 4) is 0 Å². The highest BCUT2D eigenvalue weighted by Crippen LogP contribution is 2.29. The molecule has 2 N–H and O–H groups in total. The maximum atomic E-state index is 5.35. The summed E-state index contributed by atoms with van der Waals surface area (Å²) in [6.07, 6.45) is 1.76. The lowest BCUT2D eigenvalue weighted by molar-refractivity contribution is 0.722. The van der Waals surface area contributed by atoms with Crippen LogP contribution < -0.4 is 10.6 Å². The third-order valence-electron chi connectivity index (χ3n) is 3.08. The van der Waals surface area contributed by atoms with E-state index in [2.05, 4.69) is 66.5 Å². The van der Waals surface area contributed by atoms with Gasteiger partial charge in [-0.1, -0.05) is 30.3 Å². The van der Waals surface area contributed by atoms with Gasteiger partial charge in [0.25, 0.3) is 0 Å². The summed E-state index contributed by atoms with van der Waals surface area (Å²) < 4.78 is 1.85. The standard InChI is InChI=1S/C15H15Br2N3S/c1-9-12(16)8-18-14(13(9)17)20-15(21)19-10(2)11-6-4-3-5-7-11/h3-8,10H,1-2H3,(H2,18,19,20,21)/t10-/m0/s1. The molecular formula is C15H15Br2N3S. The number of nitrogens with one attached hydrogen (secondary N) is 2. The van der Waals surface area contributed by atoms with Crippen molar-refractivity contribution in [1.29, 1.82) is 0 Å². The fourth-order valence-corrected chi connectivity index (χ4v) is 3.06. The first-order valence-electron chi connectivity index (χ1n) is 6.42. The number of benzene rings is 1. The van der Waals surface area contributed by atoms with Crippen LogP contribution in [0.25, 0.3) is 0 Å². The Hall–Kier alpha value is -0.980. The van der Waals surface area contributed by atoms with E-state index in [9.17, 15) is 0 Å². The monoisotopic (exact) mass is 427 g/mol. The van der Waals surface area contributed by atoms with Crippen LogP contribution in [0.2, 0.25) is 0 Å². The average molecular weight is 429 g/mol. The molecule has 0 spiro atoms. The summed E-state index contributed by atoms with van der Waals surface area (Å²) in [6, 6.07) is 10.3. The molecule has 6 heteroatoms. The van der Waals surface area contributed by atoms with Crippen LogP contribution in [0.1, 0.15) is 24.1 Å². The summed E-state index contributed by atoms with van der Waals surface area (Å²) in [5, 5.41) is 6.92. The quantitative estimate of drug-likeness (QED) is 0.677. The zero-order valence-electron chi connectivity index (χ0n) is 11.7. The molecular weight excluding hydrogens is 414 g/mol. The van der Waals surface area contributed by atoms with Crippen molar-refractivity contribution in [1.82, 2.24) is 10.3 Å². The van der Waals surface area contributed by atoms with E-state index in [-0.39, 0.29) is 6.04 Å². The lowest BCUT2D eigenvalue weighted by Gasteiger charge is -2.18. The lowest BCUT2D eigenvalue weighted by atomic mass is 10.1. The average Bonchev–Trinajstić information content (AvgIpc) is 2.49. The van der Waals surface area contributed by atoms with Crippen molar-refractivity contribution in [3.05, 3.63) is 56.6 Å². The van der Waals surface area contributed by atoms with Crippen LogP contribution >= 0.6 is 44.1 Å². The van der Waals surface area contributed by atoms with Crippen molar-refractivity contribution in [2.24, 2.45) is 0 Å². The molecule has 0 radical (unpaired) electrons. The number of pyridine rings is 1. The second-order valence-corrected chi connectivity index (χ2v) is 6.68. The van der Waals surface area contributed by atoms with Crippen LogP contribution in [-0.4, -0.2) is 10.1 Å². The van der Waals surface area contributed by atoms with Gasteiger partial charge >= 0.3 is 0 Å². The SMILES string of the molecule is Cc1c(Br)cnc(NC(=S)N[C@@H](C)c2ccccc2)c1Br. The van der Waals surface area contributed by atoms with Gasteiger partial charge in [0.05, 0.1) is 10.5 Å². The predicted octanol–water partition coefficient (Wildman–Crippen LogP) is 4.96. The number of hydrogen-bond acceptors (Lipinski definition) is 2. The largest absolute Gasteiger partial charge is 0.356 e. The van der Waals surface area contributed by atoms with Crippen molar-refractivity contribution >= 4 is 55.0 Å². The third-order valence-corrected chi connectivity index (χ3v) is 5.07. The Labute approximate surface area is 146 Å². The van der Waals surface area contributed by atoms with Gasteiger partial charge in [0, 0.05) is 10.7 Å². The summed E-state index contributed by atoms with van der Waals surface area (Å²) in [6.45, 7) is 4.07. The van der Waals surface area contributed by atoms with E-state index in [0.29, 0.717) is 10.9 Å². The molecule has 0 bridgehead atoms. The van der Waals surface area contributed by atoms with Crippen LogP contribution in [-0.2, 0) is 0 Å². The molecule has 0 amide bonds. The van der Waals surface area contributed by atoms with E-state index < -0.39 is 0 Å². The molecule has 0 fully saturated rings. The van der Waals surface area contributed by atoms with Gasteiger partial charge in [0.15, 0.2) is 5.11 Å². The molecule has 1 atom stereocenters. The van der Waals surface area contributed by atoms with Crippen molar-refractivity contribution in [3.63, 3.8) is 0 Å². The molecule has 0 aliphatic heterocycles. The molecule has 0 unspecified atom stereocenters. The molecule has 21 heavy (non-hydrogen) atoms. The van der Waals surface area contributed by atoms with Gasteiger partial charge in [0.1, 0.15) is 5.82 Å². The molecule has 0 aliphatic rings. The molecule has 0 saturated heterocycles. The van der Waals surface area contributed by atoms with E-state index in [4.69, 9.17) is 12.2 Å². The van der Waals surface area contributed by atoms with E-state index in [1.165, 1.54) is 5.56 Å². The zero-order valence-corrected chi connectivity index (χ0v) is 15.6. The summed E-state index contributed by atoms with van der Waals surface area (Å²) >= 11 is 12.3. The predicted molar refractivity (Wildman–Crippen MR) is 98.6 cm³/mol. The van der Waals surface area contributed by atoms with Gasteiger partial charge in [0.2, 0.25) is 0 Å². The molecule has 1 heterocycles. The van der Waals surface area contributed by atoms with E-state index in [1.807, 2.05) is 25.1 Å². The van der Waals surface area contributed by atoms with E-state index in [1.54, 1.807) is 6.20 Å². The number of anilines is 1. The molecule has 2 aromatic rings. The Kier molecular flexibility index (Phi) is 5.72. The Morgan fingerprint density at radius 3 is 2.57 bits per heavy atom.